The Morgan fingerprint density at radius 1 is 1.11 bits per heavy atom. The van der Waals surface area contributed by atoms with E-state index in [2.05, 4.69) is 22.9 Å². The van der Waals surface area contributed by atoms with Crippen molar-refractivity contribution < 1.29 is 9.59 Å². The lowest BCUT2D eigenvalue weighted by atomic mass is 9.85. The average Bonchev–Trinajstić information content (AvgIpc) is 3.27. The number of carbonyl (C=O) groups excluding carboxylic acids is 2. The van der Waals surface area contributed by atoms with Crippen LogP contribution in [0.4, 0.5) is 10.5 Å². The number of hydrogen-bond donors (Lipinski definition) is 3. The van der Waals surface area contributed by atoms with Gasteiger partial charge in [-0.3, -0.25) is 4.79 Å². The number of piperidine rings is 2. The molecule has 7 heteroatoms. The number of nitrogens with one attached hydrogen (secondary N) is 3. The number of amides is 3. The molecule has 3 N–H and O–H groups in total. The van der Waals surface area contributed by atoms with E-state index < -0.39 is 0 Å². The van der Waals surface area contributed by atoms with Crippen LogP contribution in [0.1, 0.15) is 39.0 Å². The molecule has 1 aromatic carbocycles. The van der Waals surface area contributed by atoms with Gasteiger partial charge in [0.15, 0.2) is 0 Å². The van der Waals surface area contributed by atoms with Crippen LogP contribution in [0, 0.1) is 10.8 Å². The number of anilines is 1. The second kappa shape index (κ2) is 8.29. The zero-order valence-electron chi connectivity index (χ0n) is 16.5. The Morgan fingerprint density at radius 3 is 2.39 bits per heavy atom. The molecule has 1 saturated carbocycles. The molecule has 0 radical (unpaired) electrons. The summed E-state index contributed by atoms with van der Waals surface area (Å²) in [7, 11) is 0. The molecule has 1 aliphatic carbocycles. The number of benzene rings is 1. The largest absolute Gasteiger partial charge is 0.353 e. The van der Waals surface area contributed by atoms with Crippen LogP contribution in [0.3, 0.4) is 0 Å². The first-order chi connectivity index (χ1) is 13.0. The molecule has 1 atom stereocenters. The Hall–Kier alpha value is -1.79. The minimum Gasteiger partial charge on any atom is -0.353 e. The monoisotopic (exact) mass is 406 g/mol. The second-order valence-electron chi connectivity index (χ2n) is 8.57. The van der Waals surface area contributed by atoms with Crippen molar-refractivity contribution in [2.75, 3.05) is 31.5 Å². The highest BCUT2D eigenvalue weighted by atomic mass is 35.5. The summed E-state index contributed by atoms with van der Waals surface area (Å²) in [5.41, 5.74) is 0.835. The normalized spacial score (nSPS) is 26.2. The zero-order chi connectivity index (χ0) is 18.9. The van der Waals surface area contributed by atoms with E-state index in [-0.39, 0.29) is 41.2 Å². The molecular formula is C21H31ClN4O2. The van der Waals surface area contributed by atoms with Crippen LogP contribution in [0.15, 0.2) is 30.3 Å². The van der Waals surface area contributed by atoms with Crippen molar-refractivity contribution in [1.29, 1.82) is 0 Å². The molecule has 6 nitrogen and oxygen atoms in total. The van der Waals surface area contributed by atoms with Crippen molar-refractivity contribution in [1.82, 2.24) is 15.5 Å². The summed E-state index contributed by atoms with van der Waals surface area (Å²) in [4.78, 5) is 27.1. The summed E-state index contributed by atoms with van der Waals surface area (Å²) in [6, 6.07) is 9.63. The molecule has 154 valence electrons. The van der Waals surface area contributed by atoms with Crippen molar-refractivity contribution in [2.24, 2.45) is 10.8 Å². The SMILES string of the molecule is CC1(C(=O)NC2CCN(C(=O)Nc3ccccc3)CC2)CC12CCNCC2.Cl. The summed E-state index contributed by atoms with van der Waals surface area (Å²) < 4.78 is 0. The number of likely N-dealkylation sites (tertiary alicyclic amines) is 1. The van der Waals surface area contributed by atoms with Crippen LogP contribution in [0.2, 0.25) is 0 Å². The molecule has 1 unspecified atom stereocenters. The number of halogens is 1. The summed E-state index contributed by atoms with van der Waals surface area (Å²) in [5.74, 6) is 0.219. The first-order valence-electron chi connectivity index (χ1n) is 10.2. The van der Waals surface area contributed by atoms with Gasteiger partial charge in [-0.2, -0.15) is 0 Å². The number of rotatable bonds is 3. The van der Waals surface area contributed by atoms with Gasteiger partial charge < -0.3 is 20.9 Å². The van der Waals surface area contributed by atoms with E-state index in [0.29, 0.717) is 13.1 Å². The third-order valence-corrected chi connectivity index (χ3v) is 6.94. The van der Waals surface area contributed by atoms with Gasteiger partial charge in [0.25, 0.3) is 0 Å². The molecule has 28 heavy (non-hydrogen) atoms. The molecule has 3 fully saturated rings. The van der Waals surface area contributed by atoms with Gasteiger partial charge in [0.1, 0.15) is 0 Å². The van der Waals surface area contributed by atoms with Gasteiger partial charge in [0, 0.05) is 24.8 Å². The quantitative estimate of drug-likeness (QED) is 0.722. The molecule has 0 aromatic heterocycles. The molecular weight excluding hydrogens is 376 g/mol. The van der Waals surface area contributed by atoms with Crippen molar-refractivity contribution in [2.45, 2.75) is 45.1 Å². The van der Waals surface area contributed by atoms with Crippen molar-refractivity contribution in [3.63, 3.8) is 0 Å². The lowest BCUT2D eigenvalue weighted by Crippen LogP contribution is -2.49. The maximum atomic E-state index is 12.9. The van der Waals surface area contributed by atoms with Gasteiger partial charge in [-0.15, -0.1) is 12.4 Å². The Bertz CT molecular complexity index is 700. The molecule has 1 spiro atoms. The van der Waals surface area contributed by atoms with E-state index in [4.69, 9.17) is 0 Å². The van der Waals surface area contributed by atoms with Crippen LogP contribution in [0.5, 0.6) is 0 Å². The molecule has 1 aromatic rings. The second-order valence-corrected chi connectivity index (χ2v) is 8.57. The van der Waals surface area contributed by atoms with Gasteiger partial charge >= 0.3 is 6.03 Å². The lowest BCUT2D eigenvalue weighted by molar-refractivity contribution is -0.128. The summed E-state index contributed by atoms with van der Waals surface area (Å²) >= 11 is 0. The number of urea groups is 1. The Labute approximate surface area is 173 Å². The summed E-state index contributed by atoms with van der Waals surface area (Å²) in [6.07, 6.45) is 4.87. The predicted octanol–water partition coefficient (Wildman–Crippen LogP) is 3.00. The fourth-order valence-corrected chi connectivity index (χ4v) is 4.88. The van der Waals surface area contributed by atoms with Gasteiger partial charge in [-0.1, -0.05) is 25.1 Å². The van der Waals surface area contributed by atoms with Gasteiger partial charge in [-0.25, -0.2) is 4.79 Å². The Kier molecular flexibility index (Phi) is 6.20. The standard InChI is InChI=1S/C21H30N4O2.ClH/c1-20(15-21(20)9-11-22-12-10-21)18(26)23-17-7-13-25(14-8-17)19(27)24-16-5-3-2-4-6-16;/h2-6,17,22H,7-15H2,1H3,(H,23,26)(H,24,27);1H. The first kappa shape index (κ1) is 20.9. The summed E-state index contributed by atoms with van der Waals surface area (Å²) in [5, 5.41) is 9.61. The highest BCUT2D eigenvalue weighted by Gasteiger charge is 2.67. The maximum Gasteiger partial charge on any atom is 0.321 e. The predicted molar refractivity (Wildman–Crippen MR) is 113 cm³/mol. The summed E-state index contributed by atoms with van der Waals surface area (Å²) in [6.45, 7) is 5.54. The number of hydrogen-bond acceptors (Lipinski definition) is 3. The number of carbonyl (C=O) groups is 2. The van der Waals surface area contributed by atoms with Crippen LogP contribution in [-0.4, -0.2) is 49.1 Å². The third-order valence-electron chi connectivity index (χ3n) is 6.94. The Balaban J connectivity index is 0.00000225. The molecule has 2 saturated heterocycles. The van der Waals surface area contributed by atoms with Gasteiger partial charge in [-0.05, 0) is 62.7 Å². The molecule has 3 amide bonds. The Morgan fingerprint density at radius 2 is 1.75 bits per heavy atom. The first-order valence-corrected chi connectivity index (χ1v) is 10.2. The third kappa shape index (κ3) is 3.98. The van der Waals surface area contributed by atoms with Crippen LogP contribution < -0.4 is 16.0 Å². The van der Waals surface area contributed by atoms with Crippen molar-refractivity contribution in [3.8, 4) is 0 Å². The topological polar surface area (TPSA) is 73.5 Å². The smallest absolute Gasteiger partial charge is 0.321 e. The average molecular weight is 407 g/mol. The molecule has 2 heterocycles. The molecule has 0 bridgehead atoms. The van der Waals surface area contributed by atoms with Crippen LogP contribution in [0.25, 0.3) is 0 Å². The van der Waals surface area contributed by atoms with Crippen molar-refractivity contribution in [3.05, 3.63) is 30.3 Å². The lowest BCUT2D eigenvalue weighted by Gasteiger charge is -2.34. The van der Waals surface area contributed by atoms with E-state index in [1.165, 1.54) is 0 Å². The zero-order valence-corrected chi connectivity index (χ0v) is 17.3. The van der Waals surface area contributed by atoms with E-state index >= 15 is 0 Å². The van der Waals surface area contributed by atoms with E-state index in [1.807, 2.05) is 35.2 Å². The molecule has 4 rings (SSSR count). The highest BCUT2D eigenvalue weighted by molar-refractivity contribution is 5.89. The number of nitrogens with zero attached hydrogens (tertiary/aromatic N) is 1. The minimum absolute atomic E-state index is 0. The van der Waals surface area contributed by atoms with Crippen molar-refractivity contribution >= 4 is 30.0 Å². The van der Waals surface area contributed by atoms with Crippen LogP contribution >= 0.6 is 12.4 Å². The van der Waals surface area contributed by atoms with Gasteiger partial charge in [0.05, 0.1) is 5.41 Å². The van der Waals surface area contributed by atoms with E-state index in [9.17, 15) is 9.59 Å². The fraction of sp³-hybridized carbons (Fsp3) is 0.619. The molecule has 2 aliphatic heterocycles. The van der Waals surface area contributed by atoms with Crippen LogP contribution in [-0.2, 0) is 4.79 Å². The maximum absolute atomic E-state index is 12.9. The van der Waals surface area contributed by atoms with Gasteiger partial charge in [0.2, 0.25) is 5.91 Å². The van der Waals surface area contributed by atoms with E-state index in [0.717, 1.165) is 50.9 Å². The highest BCUT2D eigenvalue weighted by Crippen LogP contribution is 2.68. The minimum atomic E-state index is -0.198. The number of para-hydroxylation sites is 1. The fourth-order valence-electron chi connectivity index (χ4n) is 4.88. The molecule has 3 aliphatic rings. The van der Waals surface area contributed by atoms with E-state index in [1.54, 1.807) is 0 Å².